The smallest absolute Gasteiger partial charge is 0.276 e. The van der Waals surface area contributed by atoms with Crippen LogP contribution >= 0.6 is 0 Å². The molecule has 0 aliphatic carbocycles. The summed E-state index contributed by atoms with van der Waals surface area (Å²) in [5, 5.41) is 13.7. The van der Waals surface area contributed by atoms with E-state index in [0.29, 0.717) is 12.1 Å². The fourth-order valence-electron chi connectivity index (χ4n) is 2.23. The lowest BCUT2D eigenvalue weighted by Gasteiger charge is -2.22. The highest BCUT2D eigenvalue weighted by molar-refractivity contribution is 5.92. The van der Waals surface area contributed by atoms with Crippen molar-refractivity contribution in [3.8, 4) is 0 Å². The molecular formula is C17H19N3O4. The van der Waals surface area contributed by atoms with Crippen LogP contribution in [0.4, 0.5) is 5.69 Å². The Hall–Kier alpha value is -2.93. The summed E-state index contributed by atoms with van der Waals surface area (Å²) in [6, 6.07) is 9.80. The van der Waals surface area contributed by atoms with Crippen LogP contribution in [0.3, 0.4) is 0 Å². The van der Waals surface area contributed by atoms with Gasteiger partial charge in [-0.2, -0.15) is 0 Å². The molecule has 0 radical (unpaired) electrons. The molecule has 2 aromatic rings. The molecule has 1 heterocycles. The van der Waals surface area contributed by atoms with Gasteiger partial charge in [-0.05, 0) is 38.4 Å². The van der Waals surface area contributed by atoms with Crippen molar-refractivity contribution < 1.29 is 14.1 Å². The van der Waals surface area contributed by atoms with Crippen LogP contribution in [0, 0.1) is 10.1 Å². The number of nitrogens with zero attached hydrogens (tertiary/aromatic N) is 2. The van der Waals surface area contributed by atoms with Crippen LogP contribution in [-0.2, 0) is 4.79 Å². The molecule has 126 valence electrons. The van der Waals surface area contributed by atoms with Gasteiger partial charge < -0.3 is 9.73 Å². The third-order valence-corrected chi connectivity index (χ3v) is 3.51. The van der Waals surface area contributed by atoms with Gasteiger partial charge >= 0.3 is 0 Å². The molecule has 7 heteroatoms. The van der Waals surface area contributed by atoms with Crippen molar-refractivity contribution in [3.63, 3.8) is 0 Å². The van der Waals surface area contributed by atoms with E-state index in [4.69, 9.17) is 4.42 Å². The molecule has 1 aromatic carbocycles. The monoisotopic (exact) mass is 329 g/mol. The molecular weight excluding hydrogens is 310 g/mol. The van der Waals surface area contributed by atoms with Gasteiger partial charge in [-0.1, -0.05) is 12.1 Å². The molecule has 0 saturated heterocycles. The second kappa shape index (κ2) is 8.07. The zero-order valence-electron chi connectivity index (χ0n) is 13.5. The van der Waals surface area contributed by atoms with E-state index in [2.05, 4.69) is 5.32 Å². The second-order valence-corrected chi connectivity index (χ2v) is 5.39. The van der Waals surface area contributed by atoms with Crippen molar-refractivity contribution in [2.45, 2.75) is 6.04 Å². The Labute approximate surface area is 139 Å². The van der Waals surface area contributed by atoms with E-state index in [1.165, 1.54) is 18.2 Å². The Morgan fingerprint density at radius 3 is 2.71 bits per heavy atom. The summed E-state index contributed by atoms with van der Waals surface area (Å²) in [5.41, 5.74) is 0.344. The number of benzene rings is 1. The maximum atomic E-state index is 12.0. The molecule has 0 bridgehead atoms. The summed E-state index contributed by atoms with van der Waals surface area (Å²) < 4.78 is 5.37. The molecule has 0 spiro atoms. The Kier molecular flexibility index (Phi) is 5.86. The molecule has 0 saturated carbocycles. The van der Waals surface area contributed by atoms with Gasteiger partial charge in [-0.3, -0.25) is 19.8 Å². The van der Waals surface area contributed by atoms with Gasteiger partial charge in [0.05, 0.1) is 22.8 Å². The molecule has 1 aromatic heterocycles. The van der Waals surface area contributed by atoms with E-state index in [9.17, 15) is 14.9 Å². The van der Waals surface area contributed by atoms with Crippen molar-refractivity contribution in [1.82, 2.24) is 10.2 Å². The summed E-state index contributed by atoms with van der Waals surface area (Å²) in [6.45, 7) is 0.362. The van der Waals surface area contributed by atoms with E-state index in [1.54, 1.807) is 30.5 Å². The molecule has 1 N–H and O–H groups in total. The lowest BCUT2D eigenvalue weighted by atomic mass is 10.1. The summed E-state index contributed by atoms with van der Waals surface area (Å²) in [6.07, 6.45) is 4.31. The first-order valence-electron chi connectivity index (χ1n) is 7.38. The molecule has 24 heavy (non-hydrogen) atoms. The van der Waals surface area contributed by atoms with Gasteiger partial charge in [0.25, 0.3) is 5.69 Å². The Bertz CT molecular complexity index is 723. The highest BCUT2D eigenvalue weighted by Gasteiger charge is 2.17. The SMILES string of the molecule is CN(C)C(CNC(=O)C=Cc1ccccc1[N+](=O)[O-])c1ccco1. The minimum atomic E-state index is -0.476. The van der Waals surface area contributed by atoms with Crippen LogP contribution in [0.5, 0.6) is 0 Å². The van der Waals surface area contributed by atoms with E-state index in [1.807, 2.05) is 25.1 Å². The average molecular weight is 329 g/mol. The molecule has 1 atom stereocenters. The summed E-state index contributed by atoms with van der Waals surface area (Å²) in [5.74, 6) is 0.425. The van der Waals surface area contributed by atoms with Gasteiger partial charge in [0.1, 0.15) is 5.76 Å². The number of likely N-dealkylation sites (N-methyl/N-ethyl adjacent to an activating group) is 1. The van der Waals surface area contributed by atoms with Gasteiger partial charge in [0.2, 0.25) is 5.91 Å². The fourth-order valence-corrected chi connectivity index (χ4v) is 2.23. The normalized spacial score (nSPS) is 12.5. The Morgan fingerprint density at radius 2 is 2.08 bits per heavy atom. The Morgan fingerprint density at radius 1 is 1.33 bits per heavy atom. The molecule has 7 nitrogen and oxygen atoms in total. The van der Waals surface area contributed by atoms with E-state index < -0.39 is 4.92 Å². The summed E-state index contributed by atoms with van der Waals surface area (Å²) in [7, 11) is 3.78. The third-order valence-electron chi connectivity index (χ3n) is 3.51. The number of hydrogen-bond acceptors (Lipinski definition) is 5. The van der Waals surface area contributed by atoms with Gasteiger partial charge in [0, 0.05) is 18.7 Å². The quantitative estimate of drug-likeness (QED) is 0.479. The van der Waals surface area contributed by atoms with Crippen molar-refractivity contribution in [1.29, 1.82) is 0 Å². The number of nitro groups is 1. The number of nitrogens with one attached hydrogen (secondary N) is 1. The third kappa shape index (κ3) is 4.53. The van der Waals surface area contributed by atoms with Crippen LogP contribution in [0.2, 0.25) is 0 Å². The molecule has 1 amide bonds. The average Bonchev–Trinajstić information content (AvgIpc) is 3.07. The van der Waals surface area contributed by atoms with Gasteiger partial charge in [0.15, 0.2) is 0 Å². The number of hydrogen-bond donors (Lipinski definition) is 1. The van der Waals surface area contributed by atoms with Crippen molar-refractivity contribution in [3.05, 3.63) is 70.2 Å². The maximum absolute atomic E-state index is 12.0. The fraction of sp³-hybridized carbons (Fsp3) is 0.235. The van der Waals surface area contributed by atoms with Crippen LogP contribution in [0.1, 0.15) is 17.4 Å². The summed E-state index contributed by atoms with van der Waals surface area (Å²) >= 11 is 0. The zero-order valence-corrected chi connectivity index (χ0v) is 13.5. The number of amides is 1. The highest BCUT2D eigenvalue weighted by Crippen LogP contribution is 2.19. The standard InChI is InChI=1S/C17H19N3O4/c1-19(2)15(16-8-5-11-24-16)12-18-17(21)10-9-13-6-3-4-7-14(13)20(22)23/h3-11,15H,12H2,1-2H3,(H,18,21). The van der Waals surface area contributed by atoms with E-state index in [-0.39, 0.29) is 17.6 Å². The minimum Gasteiger partial charge on any atom is -0.468 e. The second-order valence-electron chi connectivity index (χ2n) is 5.39. The maximum Gasteiger partial charge on any atom is 0.276 e. The first-order chi connectivity index (χ1) is 11.5. The van der Waals surface area contributed by atoms with Crippen LogP contribution in [-0.4, -0.2) is 36.4 Å². The van der Waals surface area contributed by atoms with Crippen LogP contribution in [0.15, 0.2) is 53.2 Å². The number of carbonyl (C=O) groups excluding carboxylic acids is 1. The van der Waals surface area contributed by atoms with E-state index in [0.717, 1.165) is 5.76 Å². The molecule has 1 unspecified atom stereocenters. The minimum absolute atomic E-state index is 0.0386. The molecule has 0 aliphatic heterocycles. The number of para-hydroxylation sites is 1. The first-order valence-corrected chi connectivity index (χ1v) is 7.38. The van der Waals surface area contributed by atoms with Crippen molar-refractivity contribution >= 4 is 17.7 Å². The zero-order chi connectivity index (χ0) is 17.5. The lowest BCUT2D eigenvalue weighted by Crippen LogP contribution is -2.33. The molecule has 2 rings (SSSR count). The topological polar surface area (TPSA) is 88.6 Å². The molecule has 0 aliphatic rings. The van der Waals surface area contributed by atoms with Crippen LogP contribution in [0.25, 0.3) is 6.08 Å². The highest BCUT2D eigenvalue weighted by atomic mass is 16.6. The predicted molar refractivity (Wildman–Crippen MR) is 90.3 cm³/mol. The first kappa shape index (κ1) is 17.4. The number of rotatable bonds is 7. The largest absolute Gasteiger partial charge is 0.468 e. The van der Waals surface area contributed by atoms with Crippen LogP contribution < -0.4 is 5.32 Å². The molecule has 0 fully saturated rings. The van der Waals surface area contributed by atoms with Gasteiger partial charge in [-0.25, -0.2) is 0 Å². The van der Waals surface area contributed by atoms with Crippen molar-refractivity contribution in [2.75, 3.05) is 20.6 Å². The number of furan rings is 1. The Balaban J connectivity index is 1.99. The predicted octanol–water partition coefficient (Wildman–Crippen LogP) is 2.62. The van der Waals surface area contributed by atoms with Gasteiger partial charge in [-0.15, -0.1) is 0 Å². The lowest BCUT2D eigenvalue weighted by molar-refractivity contribution is -0.385. The van der Waals surface area contributed by atoms with Crippen molar-refractivity contribution in [2.24, 2.45) is 0 Å². The summed E-state index contributed by atoms with van der Waals surface area (Å²) in [4.78, 5) is 24.4. The van der Waals surface area contributed by atoms with E-state index >= 15 is 0 Å². The number of carbonyl (C=O) groups is 1. The number of nitro benzene ring substituents is 1.